The van der Waals surface area contributed by atoms with Crippen molar-refractivity contribution >= 4 is 0 Å². The number of nitrogens with two attached hydrogens (primary N) is 1. The van der Waals surface area contributed by atoms with Gasteiger partial charge in [0.1, 0.15) is 0 Å². The van der Waals surface area contributed by atoms with Crippen LogP contribution in [-0.4, -0.2) is 6.04 Å². The zero-order valence-corrected chi connectivity index (χ0v) is 10.7. The highest BCUT2D eigenvalue weighted by Crippen LogP contribution is 2.31. The van der Waals surface area contributed by atoms with E-state index in [1.165, 1.54) is 44.9 Å². The molecule has 2 heteroatoms. The van der Waals surface area contributed by atoms with Gasteiger partial charge in [-0.1, -0.05) is 59.3 Å². The van der Waals surface area contributed by atoms with E-state index in [0.29, 0.717) is 6.04 Å². The SMILES string of the molecule is CC(C)(C)C(CC1CCCCCC1)NN. The highest BCUT2D eigenvalue weighted by Gasteiger charge is 2.26. The quantitative estimate of drug-likeness (QED) is 0.428. The molecule has 0 saturated heterocycles. The molecule has 1 aliphatic carbocycles. The standard InChI is InChI=1S/C13H28N2/c1-13(2,3)12(15-14)10-11-8-6-4-5-7-9-11/h11-12,15H,4-10,14H2,1-3H3. The van der Waals surface area contributed by atoms with E-state index in [9.17, 15) is 0 Å². The molecule has 90 valence electrons. The van der Waals surface area contributed by atoms with Crippen LogP contribution in [0.5, 0.6) is 0 Å². The predicted octanol–water partition coefficient (Wildman–Crippen LogP) is 3.22. The molecule has 2 nitrogen and oxygen atoms in total. The molecule has 1 unspecified atom stereocenters. The first-order valence-corrected chi connectivity index (χ1v) is 6.50. The van der Waals surface area contributed by atoms with Gasteiger partial charge in [0.25, 0.3) is 0 Å². The molecular weight excluding hydrogens is 184 g/mol. The largest absolute Gasteiger partial charge is 0.271 e. The summed E-state index contributed by atoms with van der Waals surface area (Å²) in [6, 6.07) is 0.459. The smallest absolute Gasteiger partial charge is 0.0261 e. The third-order valence-electron chi connectivity index (χ3n) is 3.79. The van der Waals surface area contributed by atoms with Crippen molar-refractivity contribution in [2.75, 3.05) is 0 Å². The van der Waals surface area contributed by atoms with Crippen molar-refractivity contribution in [3.05, 3.63) is 0 Å². The molecule has 1 fully saturated rings. The Labute approximate surface area is 95.0 Å². The van der Waals surface area contributed by atoms with E-state index < -0.39 is 0 Å². The monoisotopic (exact) mass is 212 g/mol. The Balaban J connectivity index is 2.42. The molecule has 1 rings (SSSR count). The summed E-state index contributed by atoms with van der Waals surface area (Å²) in [5.74, 6) is 6.56. The van der Waals surface area contributed by atoms with Gasteiger partial charge in [0.15, 0.2) is 0 Å². The number of hydrogen-bond donors (Lipinski definition) is 2. The molecule has 15 heavy (non-hydrogen) atoms. The van der Waals surface area contributed by atoms with E-state index in [4.69, 9.17) is 5.84 Å². The van der Waals surface area contributed by atoms with Gasteiger partial charge < -0.3 is 0 Å². The number of hydrazine groups is 1. The Morgan fingerprint density at radius 2 is 1.67 bits per heavy atom. The molecule has 0 aromatic heterocycles. The van der Waals surface area contributed by atoms with E-state index in [2.05, 4.69) is 26.2 Å². The molecule has 0 radical (unpaired) electrons. The van der Waals surface area contributed by atoms with Crippen molar-refractivity contribution in [1.82, 2.24) is 5.43 Å². The molecule has 1 atom stereocenters. The van der Waals surface area contributed by atoms with Gasteiger partial charge in [-0.2, -0.15) is 0 Å². The topological polar surface area (TPSA) is 38.0 Å². The molecule has 0 aromatic carbocycles. The third kappa shape index (κ3) is 4.52. The van der Waals surface area contributed by atoms with Crippen LogP contribution in [-0.2, 0) is 0 Å². The van der Waals surface area contributed by atoms with Crippen LogP contribution >= 0.6 is 0 Å². The average Bonchev–Trinajstić information content (AvgIpc) is 2.40. The fourth-order valence-electron chi connectivity index (χ4n) is 2.60. The van der Waals surface area contributed by atoms with E-state index in [0.717, 1.165) is 5.92 Å². The van der Waals surface area contributed by atoms with Crippen molar-refractivity contribution in [1.29, 1.82) is 0 Å². The summed E-state index contributed by atoms with van der Waals surface area (Å²) < 4.78 is 0. The van der Waals surface area contributed by atoms with Gasteiger partial charge in [0, 0.05) is 6.04 Å². The Morgan fingerprint density at radius 3 is 2.07 bits per heavy atom. The summed E-state index contributed by atoms with van der Waals surface area (Å²) in [7, 11) is 0. The molecule has 0 aromatic rings. The maximum absolute atomic E-state index is 5.67. The van der Waals surface area contributed by atoms with Crippen LogP contribution in [0.2, 0.25) is 0 Å². The Morgan fingerprint density at radius 1 is 1.13 bits per heavy atom. The van der Waals surface area contributed by atoms with Gasteiger partial charge in [0.05, 0.1) is 0 Å². The lowest BCUT2D eigenvalue weighted by Crippen LogP contribution is -2.45. The molecule has 0 spiro atoms. The van der Waals surface area contributed by atoms with Gasteiger partial charge in [-0.3, -0.25) is 11.3 Å². The Hall–Kier alpha value is -0.0800. The maximum Gasteiger partial charge on any atom is 0.0261 e. The lowest BCUT2D eigenvalue weighted by atomic mass is 9.80. The first-order valence-electron chi connectivity index (χ1n) is 6.50. The van der Waals surface area contributed by atoms with E-state index >= 15 is 0 Å². The fourth-order valence-corrected chi connectivity index (χ4v) is 2.60. The first kappa shape index (κ1) is 13.0. The minimum absolute atomic E-state index is 0.279. The molecule has 0 amide bonds. The summed E-state index contributed by atoms with van der Waals surface area (Å²) in [5.41, 5.74) is 3.29. The number of rotatable bonds is 3. The maximum atomic E-state index is 5.67. The van der Waals surface area contributed by atoms with Crippen molar-refractivity contribution in [3.63, 3.8) is 0 Å². The van der Waals surface area contributed by atoms with E-state index in [1.807, 2.05) is 0 Å². The second-order valence-electron chi connectivity index (χ2n) is 6.18. The summed E-state index contributed by atoms with van der Waals surface area (Å²) in [6.45, 7) is 6.82. The summed E-state index contributed by atoms with van der Waals surface area (Å²) in [5, 5.41) is 0. The second-order valence-corrected chi connectivity index (χ2v) is 6.18. The molecule has 3 N–H and O–H groups in total. The highest BCUT2D eigenvalue weighted by molar-refractivity contribution is 4.81. The van der Waals surface area contributed by atoms with Gasteiger partial charge in [-0.05, 0) is 17.8 Å². The van der Waals surface area contributed by atoms with Crippen molar-refractivity contribution in [2.24, 2.45) is 17.2 Å². The summed E-state index contributed by atoms with van der Waals surface area (Å²) >= 11 is 0. The van der Waals surface area contributed by atoms with E-state index in [1.54, 1.807) is 0 Å². The second kappa shape index (κ2) is 5.86. The zero-order chi connectivity index (χ0) is 11.3. The van der Waals surface area contributed by atoms with Gasteiger partial charge in [0.2, 0.25) is 0 Å². The molecule has 1 aliphatic rings. The molecule has 0 bridgehead atoms. The van der Waals surface area contributed by atoms with Gasteiger partial charge in [-0.15, -0.1) is 0 Å². The Bertz CT molecular complexity index is 164. The van der Waals surface area contributed by atoms with Crippen LogP contribution in [0.25, 0.3) is 0 Å². The van der Waals surface area contributed by atoms with E-state index in [-0.39, 0.29) is 5.41 Å². The van der Waals surface area contributed by atoms with Crippen LogP contribution in [0, 0.1) is 11.3 Å². The summed E-state index contributed by atoms with van der Waals surface area (Å²) in [6.07, 6.45) is 9.79. The number of nitrogens with one attached hydrogen (secondary N) is 1. The average molecular weight is 212 g/mol. The van der Waals surface area contributed by atoms with Gasteiger partial charge in [-0.25, -0.2) is 0 Å². The van der Waals surface area contributed by atoms with Crippen LogP contribution < -0.4 is 11.3 Å². The van der Waals surface area contributed by atoms with Crippen molar-refractivity contribution in [2.45, 2.75) is 71.8 Å². The predicted molar refractivity (Wildman–Crippen MR) is 66.4 cm³/mol. The van der Waals surface area contributed by atoms with Crippen LogP contribution in [0.15, 0.2) is 0 Å². The Kier molecular flexibility index (Phi) is 5.07. The first-order chi connectivity index (χ1) is 7.04. The fraction of sp³-hybridized carbons (Fsp3) is 1.00. The molecular formula is C13H28N2. The molecule has 0 heterocycles. The third-order valence-corrected chi connectivity index (χ3v) is 3.79. The molecule has 1 saturated carbocycles. The minimum Gasteiger partial charge on any atom is -0.271 e. The van der Waals surface area contributed by atoms with Crippen LogP contribution in [0.3, 0.4) is 0 Å². The minimum atomic E-state index is 0.279. The number of hydrogen-bond acceptors (Lipinski definition) is 2. The lowest BCUT2D eigenvalue weighted by molar-refractivity contribution is 0.218. The summed E-state index contributed by atoms with van der Waals surface area (Å²) in [4.78, 5) is 0. The highest BCUT2D eigenvalue weighted by atomic mass is 15.2. The van der Waals surface area contributed by atoms with Crippen molar-refractivity contribution < 1.29 is 0 Å². The lowest BCUT2D eigenvalue weighted by Gasteiger charge is -2.32. The zero-order valence-electron chi connectivity index (χ0n) is 10.7. The van der Waals surface area contributed by atoms with Crippen molar-refractivity contribution in [3.8, 4) is 0 Å². The molecule has 0 aliphatic heterocycles. The van der Waals surface area contributed by atoms with Crippen LogP contribution in [0.1, 0.15) is 65.7 Å². The van der Waals surface area contributed by atoms with Gasteiger partial charge >= 0.3 is 0 Å². The van der Waals surface area contributed by atoms with Crippen LogP contribution in [0.4, 0.5) is 0 Å². The normalized spacial score (nSPS) is 22.4.